The van der Waals surface area contributed by atoms with E-state index < -0.39 is 0 Å². The van der Waals surface area contributed by atoms with Gasteiger partial charge in [0, 0.05) is 17.3 Å². The summed E-state index contributed by atoms with van der Waals surface area (Å²) in [6, 6.07) is 21.4. The first-order valence-corrected chi connectivity index (χ1v) is 13.1. The number of anilines is 1. The molecule has 168 valence electrons. The fourth-order valence-corrected chi connectivity index (χ4v) is 7.93. The number of rotatable bonds is 4. The Bertz CT molecular complexity index is 951. The number of benzene rings is 2. The highest BCUT2D eigenvalue weighted by Gasteiger charge is 2.61. The van der Waals surface area contributed by atoms with Gasteiger partial charge in [-0.15, -0.1) is 0 Å². The smallest absolute Gasteiger partial charge is 0.110 e. The molecule has 0 radical (unpaired) electrons. The maximum absolute atomic E-state index is 3.02. The van der Waals surface area contributed by atoms with Gasteiger partial charge in [0.1, 0.15) is 6.17 Å². The molecule has 2 aliphatic heterocycles. The van der Waals surface area contributed by atoms with Gasteiger partial charge in [-0.25, -0.2) is 0 Å². The van der Waals surface area contributed by atoms with E-state index in [9.17, 15) is 0 Å². The van der Waals surface area contributed by atoms with Crippen molar-refractivity contribution in [2.24, 2.45) is 11.8 Å². The summed E-state index contributed by atoms with van der Waals surface area (Å²) in [5, 5.41) is 0. The van der Waals surface area contributed by atoms with Crippen LogP contribution >= 0.6 is 0 Å². The van der Waals surface area contributed by atoms with Crippen molar-refractivity contribution < 1.29 is 0 Å². The average Bonchev–Trinajstić information content (AvgIpc) is 3.61. The first kappa shape index (κ1) is 20.5. The van der Waals surface area contributed by atoms with Gasteiger partial charge >= 0.3 is 0 Å². The van der Waals surface area contributed by atoms with Gasteiger partial charge in [-0.2, -0.15) is 0 Å². The zero-order valence-electron chi connectivity index (χ0n) is 19.8. The third kappa shape index (κ3) is 2.95. The number of aryl methyl sites for hydroxylation is 1. The largest absolute Gasteiger partial charge is 0.347 e. The van der Waals surface area contributed by atoms with Crippen molar-refractivity contribution in [1.29, 1.82) is 0 Å². The lowest BCUT2D eigenvalue weighted by atomic mass is 9.71. The van der Waals surface area contributed by atoms with Gasteiger partial charge in [0.05, 0.1) is 6.04 Å². The summed E-state index contributed by atoms with van der Waals surface area (Å²) in [5.41, 5.74) is 4.47. The predicted molar refractivity (Wildman–Crippen MR) is 134 cm³/mol. The van der Waals surface area contributed by atoms with Crippen LogP contribution in [0, 0.1) is 18.8 Å². The zero-order valence-corrected chi connectivity index (χ0v) is 19.8. The lowest BCUT2D eigenvalue weighted by molar-refractivity contribution is 0.00904. The molecule has 0 amide bonds. The van der Waals surface area contributed by atoms with E-state index in [0.29, 0.717) is 18.2 Å². The molecular weight excluding hydrogens is 388 g/mol. The van der Waals surface area contributed by atoms with Gasteiger partial charge in [0.2, 0.25) is 0 Å². The molecule has 2 unspecified atom stereocenters. The van der Waals surface area contributed by atoms with Gasteiger partial charge in [0.15, 0.2) is 0 Å². The Morgan fingerprint density at radius 1 is 0.781 bits per heavy atom. The molecule has 1 saturated heterocycles. The molecule has 2 saturated carbocycles. The summed E-state index contributed by atoms with van der Waals surface area (Å²) in [5.74, 6) is 1.61. The summed E-state index contributed by atoms with van der Waals surface area (Å²) in [7, 11) is 0. The Balaban J connectivity index is 1.53. The Morgan fingerprint density at radius 3 is 2.00 bits per heavy atom. The van der Waals surface area contributed by atoms with Crippen LogP contribution in [0.1, 0.15) is 75.6 Å². The summed E-state index contributed by atoms with van der Waals surface area (Å²) in [6.07, 6.45) is 16.9. The van der Waals surface area contributed by atoms with Crippen molar-refractivity contribution in [2.75, 3.05) is 4.90 Å². The van der Waals surface area contributed by atoms with E-state index in [2.05, 4.69) is 90.4 Å². The lowest BCUT2D eigenvalue weighted by Gasteiger charge is -2.50. The third-order valence-corrected chi connectivity index (χ3v) is 9.30. The second-order valence-corrected chi connectivity index (χ2v) is 10.8. The van der Waals surface area contributed by atoms with Crippen molar-refractivity contribution in [3.8, 4) is 0 Å². The van der Waals surface area contributed by atoms with E-state index in [0.717, 1.165) is 11.8 Å². The Morgan fingerprint density at radius 2 is 1.38 bits per heavy atom. The Kier molecular flexibility index (Phi) is 5.17. The van der Waals surface area contributed by atoms with Gasteiger partial charge in [-0.1, -0.05) is 86.4 Å². The number of hydrogen-bond acceptors (Lipinski definition) is 2. The van der Waals surface area contributed by atoms with Crippen LogP contribution in [0.25, 0.3) is 0 Å². The van der Waals surface area contributed by atoms with Crippen LogP contribution in [0.3, 0.4) is 0 Å². The topological polar surface area (TPSA) is 6.48 Å². The SMILES string of the molecule is Cc1ccccc1N1C(c2ccccc2)N2C(C=CC2(C2CCCC2)C2CCCC2)[C@@H]1C. The normalized spacial score (nSPS) is 30.4. The van der Waals surface area contributed by atoms with Crippen molar-refractivity contribution >= 4 is 5.69 Å². The average molecular weight is 427 g/mol. The van der Waals surface area contributed by atoms with Crippen molar-refractivity contribution in [2.45, 2.75) is 89.0 Å². The van der Waals surface area contributed by atoms with Gasteiger partial charge in [-0.3, -0.25) is 4.90 Å². The molecule has 2 aromatic carbocycles. The van der Waals surface area contributed by atoms with Crippen LogP contribution in [0.15, 0.2) is 66.7 Å². The number of hydrogen-bond donors (Lipinski definition) is 0. The van der Waals surface area contributed by atoms with E-state index in [1.807, 2.05) is 0 Å². The van der Waals surface area contributed by atoms with Crippen molar-refractivity contribution in [3.05, 3.63) is 77.9 Å². The van der Waals surface area contributed by atoms with E-state index in [1.165, 1.54) is 68.2 Å². The highest BCUT2D eigenvalue weighted by molar-refractivity contribution is 5.58. The molecule has 2 heteroatoms. The molecule has 6 rings (SSSR count). The van der Waals surface area contributed by atoms with Crippen molar-refractivity contribution in [3.63, 3.8) is 0 Å². The van der Waals surface area contributed by atoms with E-state index in [-0.39, 0.29) is 5.54 Å². The van der Waals surface area contributed by atoms with Crippen LogP contribution in [0.4, 0.5) is 5.69 Å². The summed E-state index contributed by atoms with van der Waals surface area (Å²) >= 11 is 0. The van der Waals surface area contributed by atoms with Crippen LogP contribution in [-0.4, -0.2) is 22.5 Å². The number of para-hydroxylation sites is 1. The zero-order chi connectivity index (χ0) is 21.7. The van der Waals surface area contributed by atoms with Gasteiger partial charge in [-0.05, 0) is 68.6 Å². The summed E-state index contributed by atoms with van der Waals surface area (Å²) in [4.78, 5) is 5.78. The Hall–Kier alpha value is -2.06. The minimum absolute atomic E-state index is 0.226. The molecule has 2 heterocycles. The van der Waals surface area contributed by atoms with Crippen LogP contribution < -0.4 is 4.90 Å². The summed E-state index contributed by atoms with van der Waals surface area (Å²) < 4.78 is 0. The molecule has 2 nitrogen and oxygen atoms in total. The highest BCUT2D eigenvalue weighted by atomic mass is 15.5. The molecule has 0 bridgehead atoms. The van der Waals surface area contributed by atoms with Crippen LogP contribution in [0.2, 0.25) is 0 Å². The number of nitrogens with zero attached hydrogens (tertiary/aromatic N) is 2. The Labute approximate surface area is 194 Å². The molecule has 0 aromatic heterocycles. The fraction of sp³-hybridized carbons (Fsp3) is 0.533. The molecule has 4 aliphatic rings. The van der Waals surface area contributed by atoms with Crippen LogP contribution in [0.5, 0.6) is 0 Å². The molecule has 0 N–H and O–H groups in total. The first-order chi connectivity index (χ1) is 15.7. The second kappa shape index (κ2) is 8.06. The lowest BCUT2D eigenvalue weighted by Crippen LogP contribution is -2.56. The monoisotopic (exact) mass is 426 g/mol. The second-order valence-electron chi connectivity index (χ2n) is 10.8. The quantitative estimate of drug-likeness (QED) is 0.475. The standard InChI is InChI=1S/C30H38N2/c1-22-12-6-11-19-27(22)31-23(2)28-20-21-30(25-15-7-8-16-25,26-17-9-10-18-26)32(28)29(31)24-13-4-3-5-14-24/h3-6,11-14,19-21,23,25-26,28-29H,7-10,15-18H2,1-2H3/t23-,28?,29?/m0/s1. The first-order valence-electron chi connectivity index (χ1n) is 13.1. The molecular formula is C30H38N2. The maximum atomic E-state index is 3.02. The molecule has 2 aromatic rings. The molecule has 2 aliphatic carbocycles. The van der Waals surface area contributed by atoms with Crippen molar-refractivity contribution in [1.82, 2.24) is 4.90 Å². The highest BCUT2D eigenvalue weighted by Crippen LogP contribution is 2.58. The molecule has 32 heavy (non-hydrogen) atoms. The molecule has 0 spiro atoms. The minimum atomic E-state index is 0.226. The van der Waals surface area contributed by atoms with E-state index in [4.69, 9.17) is 0 Å². The van der Waals surface area contributed by atoms with E-state index >= 15 is 0 Å². The van der Waals surface area contributed by atoms with Gasteiger partial charge < -0.3 is 4.90 Å². The minimum Gasteiger partial charge on any atom is -0.347 e. The van der Waals surface area contributed by atoms with Gasteiger partial charge in [0.25, 0.3) is 0 Å². The molecule has 3 fully saturated rings. The third-order valence-electron chi connectivity index (χ3n) is 9.30. The fourth-order valence-electron chi connectivity index (χ4n) is 7.93. The van der Waals surface area contributed by atoms with Crippen LogP contribution in [-0.2, 0) is 0 Å². The predicted octanol–water partition coefficient (Wildman–Crippen LogP) is 7.26. The van der Waals surface area contributed by atoms with E-state index in [1.54, 1.807) is 0 Å². The number of fused-ring (bicyclic) bond motifs is 1. The maximum Gasteiger partial charge on any atom is 0.110 e. The summed E-state index contributed by atoms with van der Waals surface area (Å²) in [6.45, 7) is 4.75. The molecule has 3 atom stereocenters.